The van der Waals surface area contributed by atoms with Gasteiger partial charge in [-0.25, -0.2) is 14.4 Å². The third kappa shape index (κ3) is 4.00. The van der Waals surface area contributed by atoms with Crippen LogP contribution in [0.3, 0.4) is 0 Å². The predicted molar refractivity (Wildman–Crippen MR) is 84.9 cm³/mol. The van der Waals surface area contributed by atoms with Crippen molar-refractivity contribution in [3.8, 4) is 11.4 Å². The van der Waals surface area contributed by atoms with Crippen molar-refractivity contribution in [1.29, 1.82) is 0 Å². The van der Waals surface area contributed by atoms with Crippen LogP contribution in [0, 0.1) is 12.7 Å². The van der Waals surface area contributed by atoms with E-state index in [1.807, 2.05) is 13.0 Å². The van der Waals surface area contributed by atoms with E-state index in [0.29, 0.717) is 5.82 Å². The maximum Gasteiger partial charge on any atom is 0.162 e. The minimum absolute atomic E-state index is 0.231. The number of benzene rings is 1. The van der Waals surface area contributed by atoms with Gasteiger partial charge in [-0.05, 0) is 43.5 Å². The number of nitrogens with zero attached hydrogens (tertiary/aromatic N) is 2. The fourth-order valence-corrected chi connectivity index (χ4v) is 2.22. The van der Waals surface area contributed by atoms with E-state index in [2.05, 4.69) is 29.1 Å². The first-order chi connectivity index (χ1) is 10.1. The van der Waals surface area contributed by atoms with Crippen LogP contribution in [-0.4, -0.2) is 16.5 Å². The zero-order valence-corrected chi connectivity index (χ0v) is 12.9. The molecule has 1 aromatic carbocycles. The summed E-state index contributed by atoms with van der Waals surface area (Å²) in [6.45, 7) is 7.01. The Morgan fingerprint density at radius 3 is 2.57 bits per heavy atom. The van der Waals surface area contributed by atoms with Gasteiger partial charge in [-0.2, -0.15) is 0 Å². The number of nitrogens with one attached hydrogen (secondary N) is 1. The Morgan fingerprint density at radius 2 is 1.90 bits per heavy atom. The summed E-state index contributed by atoms with van der Waals surface area (Å²) in [4.78, 5) is 9.19. The van der Waals surface area contributed by atoms with Crippen LogP contribution in [-0.2, 0) is 6.42 Å². The third-order valence-electron chi connectivity index (χ3n) is 3.27. The molecule has 21 heavy (non-hydrogen) atoms. The van der Waals surface area contributed by atoms with Gasteiger partial charge < -0.3 is 5.32 Å². The first kappa shape index (κ1) is 15.4. The van der Waals surface area contributed by atoms with Crippen LogP contribution in [0.2, 0.25) is 0 Å². The normalized spacial score (nSPS) is 10.7. The molecule has 0 atom stereocenters. The summed E-state index contributed by atoms with van der Waals surface area (Å²) in [6, 6.07) is 6.72. The molecule has 1 N–H and O–H groups in total. The zero-order chi connectivity index (χ0) is 15.2. The second-order valence-electron chi connectivity index (χ2n) is 5.20. The first-order valence-corrected chi connectivity index (χ1v) is 7.52. The van der Waals surface area contributed by atoms with E-state index < -0.39 is 0 Å². The molecular formula is C17H22FN3. The van der Waals surface area contributed by atoms with Crippen LogP contribution >= 0.6 is 0 Å². The van der Waals surface area contributed by atoms with Crippen molar-refractivity contribution in [2.45, 2.75) is 40.0 Å². The molecule has 0 aliphatic heterocycles. The van der Waals surface area contributed by atoms with E-state index in [9.17, 15) is 4.39 Å². The lowest BCUT2D eigenvalue weighted by Gasteiger charge is -2.11. The first-order valence-electron chi connectivity index (χ1n) is 7.52. The Hall–Kier alpha value is -1.97. The lowest BCUT2D eigenvalue weighted by molar-refractivity contribution is 0.627. The Kier molecular flexibility index (Phi) is 5.26. The number of rotatable bonds is 6. The van der Waals surface area contributed by atoms with Crippen molar-refractivity contribution in [2.75, 3.05) is 11.9 Å². The van der Waals surface area contributed by atoms with Crippen molar-refractivity contribution >= 4 is 5.82 Å². The Morgan fingerprint density at radius 1 is 1.10 bits per heavy atom. The number of halogens is 1. The number of hydrogen-bond acceptors (Lipinski definition) is 3. The summed E-state index contributed by atoms with van der Waals surface area (Å²) in [5.74, 6) is 1.27. The Labute approximate surface area is 125 Å². The van der Waals surface area contributed by atoms with Crippen molar-refractivity contribution in [1.82, 2.24) is 9.97 Å². The highest BCUT2D eigenvalue weighted by molar-refractivity contribution is 5.61. The van der Waals surface area contributed by atoms with Gasteiger partial charge in [-0.15, -0.1) is 0 Å². The largest absolute Gasteiger partial charge is 0.370 e. The lowest BCUT2D eigenvalue weighted by Crippen LogP contribution is -2.06. The molecule has 4 heteroatoms. The number of hydrogen-bond donors (Lipinski definition) is 1. The SMILES string of the molecule is CCCNc1cc(CCC)nc(-c2ccc(F)cc2C)n1. The van der Waals surface area contributed by atoms with Gasteiger partial charge in [0, 0.05) is 23.9 Å². The van der Waals surface area contributed by atoms with Gasteiger partial charge in [-0.1, -0.05) is 20.3 Å². The van der Waals surface area contributed by atoms with Crippen LogP contribution in [0.1, 0.15) is 37.9 Å². The molecule has 2 aromatic rings. The number of anilines is 1. The Bertz CT molecular complexity index is 611. The second kappa shape index (κ2) is 7.16. The molecule has 3 nitrogen and oxygen atoms in total. The molecule has 112 valence electrons. The lowest BCUT2D eigenvalue weighted by atomic mass is 10.1. The average molecular weight is 287 g/mol. The van der Waals surface area contributed by atoms with Crippen molar-refractivity contribution in [2.24, 2.45) is 0 Å². The topological polar surface area (TPSA) is 37.8 Å². The molecule has 0 radical (unpaired) electrons. The molecule has 1 heterocycles. The van der Waals surface area contributed by atoms with Crippen molar-refractivity contribution in [3.05, 3.63) is 41.3 Å². The van der Waals surface area contributed by atoms with E-state index in [4.69, 9.17) is 0 Å². The van der Waals surface area contributed by atoms with E-state index >= 15 is 0 Å². The predicted octanol–water partition coefficient (Wildman–Crippen LogP) is 4.37. The molecule has 2 rings (SSSR count). The van der Waals surface area contributed by atoms with Crippen LogP contribution in [0.5, 0.6) is 0 Å². The van der Waals surface area contributed by atoms with Gasteiger partial charge in [0.05, 0.1) is 0 Å². The zero-order valence-electron chi connectivity index (χ0n) is 12.9. The highest BCUT2D eigenvalue weighted by atomic mass is 19.1. The van der Waals surface area contributed by atoms with Gasteiger partial charge in [0.2, 0.25) is 0 Å². The molecule has 0 amide bonds. The molecule has 0 spiro atoms. The standard InChI is InChI=1S/C17H22FN3/c1-4-6-14-11-16(19-9-5-2)21-17(20-14)15-8-7-13(18)10-12(15)3/h7-8,10-11H,4-6,9H2,1-3H3,(H,19,20,21). The third-order valence-corrected chi connectivity index (χ3v) is 3.27. The maximum absolute atomic E-state index is 13.3. The summed E-state index contributed by atoms with van der Waals surface area (Å²) in [5, 5.41) is 3.31. The average Bonchev–Trinajstić information content (AvgIpc) is 2.45. The van der Waals surface area contributed by atoms with E-state index in [1.165, 1.54) is 12.1 Å². The highest BCUT2D eigenvalue weighted by Crippen LogP contribution is 2.23. The molecular weight excluding hydrogens is 265 g/mol. The van der Waals surface area contributed by atoms with Crippen molar-refractivity contribution in [3.63, 3.8) is 0 Å². The van der Waals surface area contributed by atoms with Gasteiger partial charge in [-0.3, -0.25) is 0 Å². The molecule has 0 saturated heterocycles. The quantitative estimate of drug-likeness (QED) is 0.857. The van der Waals surface area contributed by atoms with Crippen LogP contribution < -0.4 is 5.32 Å². The summed E-state index contributed by atoms with van der Waals surface area (Å²) in [7, 11) is 0. The number of aromatic nitrogens is 2. The monoisotopic (exact) mass is 287 g/mol. The second-order valence-corrected chi connectivity index (χ2v) is 5.20. The summed E-state index contributed by atoms with van der Waals surface area (Å²) in [5.41, 5.74) is 2.75. The fraction of sp³-hybridized carbons (Fsp3) is 0.412. The smallest absolute Gasteiger partial charge is 0.162 e. The fourth-order valence-electron chi connectivity index (χ4n) is 2.22. The molecule has 0 saturated carbocycles. The maximum atomic E-state index is 13.3. The molecule has 0 fully saturated rings. The van der Waals surface area contributed by atoms with E-state index in [1.54, 1.807) is 6.07 Å². The molecule has 0 aliphatic rings. The van der Waals surface area contributed by atoms with Crippen molar-refractivity contribution < 1.29 is 4.39 Å². The number of aryl methyl sites for hydroxylation is 2. The Balaban J connectivity index is 2.43. The highest BCUT2D eigenvalue weighted by Gasteiger charge is 2.09. The van der Waals surface area contributed by atoms with Gasteiger partial charge in [0.1, 0.15) is 11.6 Å². The van der Waals surface area contributed by atoms with Crippen LogP contribution in [0.15, 0.2) is 24.3 Å². The molecule has 0 unspecified atom stereocenters. The molecule has 0 bridgehead atoms. The summed E-state index contributed by atoms with van der Waals surface area (Å²) < 4.78 is 13.3. The summed E-state index contributed by atoms with van der Waals surface area (Å²) in [6.07, 6.45) is 2.99. The van der Waals surface area contributed by atoms with E-state index in [0.717, 1.165) is 48.4 Å². The molecule has 0 aliphatic carbocycles. The minimum atomic E-state index is -0.231. The summed E-state index contributed by atoms with van der Waals surface area (Å²) >= 11 is 0. The van der Waals surface area contributed by atoms with E-state index in [-0.39, 0.29) is 5.82 Å². The van der Waals surface area contributed by atoms with Crippen LogP contribution in [0.25, 0.3) is 11.4 Å². The van der Waals surface area contributed by atoms with Gasteiger partial charge >= 0.3 is 0 Å². The minimum Gasteiger partial charge on any atom is -0.370 e. The van der Waals surface area contributed by atoms with Crippen LogP contribution in [0.4, 0.5) is 10.2 Å². The van der Waals surface area contributed by atoms with Gasteiger partial charge in [0.25, 0.3) is 0 Å². The van der Waals surface area contributed by atoms with Gasteiger partial charge in [0.15, 0.2) is 5.82 Å². The molecule has 1 aromatic heterocycles.